The Balaban J connectivity index is 1.74. The van der Waals surface area contributed by atoms with Gasteiger partial charge >= 0.3 is 5.97 Å². The smallest absolute Gasteiger partial charge is 0.310 e. The molecule has 2 aliphatic heterocycles. The number of rotatable bonds is 4. The van der Waals surface area contributed by atoms with Gasteiger partial charge in [-0.2, -0.15) is 0 Å². The van der Waals surface area contributed by atoms with E-state index in [1.54, 1.807) is 0 Å². The first-order valence-electron chi connectivity index (χ1n) is 8.14. The number of carbonyl (C=O) groups excluding carboxylic acids is 1. The highest BCUT2D eigenvalue weighted by atomic mass is 16.5. The summed E-state index contributed by atoms with van der Waals surface area (Å²) in [7, 11) is 0. The molecular formula is C18H23NO4. The summed E-state index contributed by atoms with van der Waals surface area (Å²) in [4.78, 5) is 24.2. The van der Waals surface area contributed by atoms with Crippen LogP contribution in [0.15, 0.2) is 18.2 Å². The first-order chi connectivity index (χ1) is 10.9. The second-order valence-corrected chi connectivity index (χ2v) is 6.77. The molecule has 0 radical (unpaired) electrons. The summed E-state index contributed by atoms with van der Waals surface area (Å²) in [5, 5.41) is 12.4. The summed E-state index contributed by atoms with van der Waals surface area (Å²) in [6.45, 7) is 5.98. The largest absolute Gasteiger partial charge is 0.481 e. The van der Waals surface area contributed by atoms with Crippen LogP contribution in [0.3, 0.4) is 0 Å². The predicted octanol–water partition coefficient (Wildman–Crippen LogP) is 2.36. The van der Waals surface area contributed by atoms with Gasteiger partial charge in [0.15, 0.2) is 0 Å². The minimum atomic E-state index is -0.934. The lowest BCUT2D eigenvalue weighted by molar-refractivity contribution is -0.148. The lowest BCUT2D eigenvalue weighted by Crippen LogP contribution is -2.44. The zero-order valence-corrected chi connectivity index (χ0v) is 13.7. The van der Waals surface area contributed by atoms with Gasteiger partial charge in [-0.05, 0) is 44.7 Å². The van der Waals surface area contributed by atoms with Gasteiger partial charge in [0, 0.05) is 0 Å². The number of nitrogens with one attached hydrogen (secondary N) is 1. The number of ether oxygens (including phenoxy) is 1. The topological polar surface area (TPSA) is 75.6 Å². The standard InChI is InChI=1S/C18H23NO4/c1-9-4-5-12(10(2)8-9)11(3)19-17(20)15-13-6-7-14(23-13)16(15)18(21)22/h4-5,8,11,13-16H,6-7H2,1-3H3,(H,19,20)(H,21,22). The zero-order valence-electron chi connectivity index (χ0n) is 13.7. The first-order valence-corrected chi connectivity index (χ1v) is 8.14. The van der Waals surface area contributed by atoms with Crippen LogP contribution in [0.1, 0.15) is 42.5 Å². The van der Waals surface area contributed by atoms with Crippen LogP contribution in [0.2, 0.25) is 0 Å². The molecule has 2 bridgehead atoms. The van der Waals surface area contributed by atoms with Crippen molar-refractivity contribution < 1.29 is 19.4 Å². The summed E-state index contributed by atoms with van der Waals surface area (Å²) >= 11 is 0. The highest BCUT2D eigenvalue weighted by Crippen LogP contribution is 2.43. The van der Waals surface area contributed by atoms with Crippen LogP contribution >= 0.6 is 0 Å². The average molecular weight is 317 g/mol. The fraction of sp³-hybridized carbons (Fsp3) is 0.556. The average Bonchev–Trinajstić information content (AvgIpc) is 3.07. The van der Waals surface area contributed by atoms with Gasteiger partial charge in [0.05, 0.1) is 30.1 Å². The van der Waals surface area contributed by atoms with Gasteiger partial charge < -0.3 is 15.2 Å². The minimum Gasteiger partial charge on any atom is -0.481 e. The Bertz CT molecular complexity index is 642. The molecule has 0 aliphatic carbocycles. The predicted molar refractivity (Wildman–Crippen MR) is 85.0 cm³/mol. The number of fused-ring (bicyclic) bond motifs is 2. The van der Waals surface area contributed by atoms with Gasteiger partial charge in [0.25, 0.3) is 0 Å². The van der Waals surface area contributed by atoms with Crippen molar-refractivity contribution in [1.82, 2.24) is 5.32 Å². The Morgan fingerprint density at radius 2 is 1.87 bits per heavy atom. The second kappa shape index (κ2) is 5.96. The summed E-state index contributed by atoms with van der Waals surface area (Å²) in [6, 6.07) is 5.96. The van der Waals surface area contributed by atoms with Crippen LogP contribution in [0.5, 0.6) is 0 Å². The number of hydrogen-bond acceptors (Lipinski definition) is 3. The Morgan fingerprint density at radius 3 is 2.48 bits per heavy atom. The number of carbonyl (C=O) groups is 2. The monoisotopic (exact) mass is 317 g/mol. The quantitative estimate of drug-likeness (QED) is 0.894. The van der Waals surface area contributed by atoms with E-state index >= 15 is 0 Å². The van der Waals surface area contributed by atoms with Crippen LogP contribution in [0.25, 0.3) is 0 Å². The third-order valence-corrected chi connectivity index (χ3v) is 5.11. The maximum atomic E-state index is 12.7. The maximum Gasteiger partial charge on any atom is 0.310 e. The van der Waals surface area contributed by atoms with Crippen LogP contribution in [0.4, 0.5) is 0 Å². The van der Waals surface area contributed by atoms with E-state index in [0.717, 1.165) is 24.0 Å². The van der Waals surface area contributed by atoms with E-state index in [9.17, 15) is 14.7 Å². The molecule has 2 N–H and O–H groups in total. The molecule has 2 fully saturated rings. The van der Waals surface area contributed by atoms with Gasteiger partial charge in [-0.1, -0.05) is 23.8 Å². The van der Waals surface area contributed by atoms with Crippen molar-refractivity contribution in [2.75, 3.05) is 0 Å². The molecule has 1 amide bonds. The molecule has 5 heteroatoms. The van der Waals surface area contributed by atoms with Crippen LogP contribution < -0.4 is 5.32 Å². The van der Waals surface area contributed by atoms with Gasteiger partial charge in [-0.3, -0.25) is 9.59 Å². The summed E-state index contributed by atoms with van der Waals surface area (Å²) in [6.07, 6.45) is 0.930. The Morgan fingerprint density at radius 1 is 1.22 bits per heavy atom. The van der Waals surface area contributed by atoms with Crippen LogP contribution in [-0.4, -0.2) is 29.2 Å². The van der Waals surface area contributed by atoms with E-state index in [1.165, 1.54) is 5.56 Å². The van der Waals surface area contributed by atoms with Crippen molar-refractivity contribution in [3.8, 4) is 0 Å². The van der Waals surface area contributed by atoms with Crippen molar-refractivity contribution in [3.05, 3.63) is 34.9 Å². The molecular weight excluding hydrogens is 294 g/mol. The van der Waals surface area contributed by atoms with Crippen molar-refractivity contribution in [3.63, 3.8) is 0 Å². The van der Waals surface area contributed by atoms with Gasteiger partial charge in [0.2, 0.25) is 5.91 Å². The molecule has 5 atom stereocenters. The van der Waals surface area contributed by atoms with Crippen molar-refractivity contribution in [1.29, 1.82) is 0 Å². The number of amides is 1. The summed E-state index contributed by atoms with van der Waals surface area (Å²) < 4.78 is 5.67. The number of hydrogen-bond donors (Lipinski definition) is 2. The fourth-order valence-electron chi connectivity index (χ4n) is 4.02. The van der Waals surface area contributed by atoms with E-state index in [1.807, 2.05) is 32.9 Å². The lowest BCUT2D eigenvalue weighted by atomic mass is 9.78. The molecule has 5 nitrogen and oxygen atoms in total. The molecule has 2 aliphatic rings. The van der Waals surface area contributed by atoms with E-state index in [0.29, 0.717) is 0 Å². The molecule has 1 aromatic rings. The molecule has 124 valence electrons. The molecule has 0 saturated carbocycles. The first kappa shape index (κ1) is 16.0. The van der Waals surface area contributed by atoms with Crippen molar-refractivity contribution >= 4 is 11.9 Å². The molecule has 2 saturated heterocycles. The summed E-state index contributed by atoms with van der Waals surface area (Å²) in [5.74, 6) is -2.45. The lowest BCUT2D eigenvalue weighted by Gasteiger charge is -2.26. The number of aryl methyl sites for hydroxylation is 2. The number of benzene rings is 1. The highest BCUT2D eigenvalue weighted by Gasteiger charge is 2.55. The number of aliphatic carboxylic acids is 1. The number of carboxylic acid groups (broad SMARTS) is 1. The fourth-order valence-corrected chi connectivity index (χ4v) is 4.02. The molecule has 23 heavy (non-hydrogen) atoms. The van der Waals surface area contributed by atoms with Gasteiger partial charge in [-0.15, -0.1) is 0 Å². The SMILES string of the molecule is Cc1ccc(C(C)NC(=O)C2C3CCC(O3)C2C(=O)O)c(C)c1. The Labute approximate surface area is 136 Å². The molecule has 1 aromatic carbocycles. The Hall–Kier alpha value is -1.88. The van der Waals surface area contributed by atoms with E-state index in [-0.39, 0.29) is 24.2 Å². The molecule has 0 aromatic heterocycles. The van der Waals surface area contributed by atoms with Crippen molar-refractivity contribution in [2.24, 2.45) is 11.8 Å². The molecule has 2 heterocycles. The third kappa shape index (κ3) is 2.85. The van der Waals surface area contributed by atoms with E-state index in [4.69, 9.17) is 4.74 Å². The van der Waals surface area contributed by atoms with E-state index < -0.39 is 17.8 Å². The molecule has 3 rings (SSSR count). The molecule has 5 unspecified atom stereocenters. The van der Waals surface area contributed by atoms with Gasteiger partial charge in [0.1, 0.15) is 0 Å². The summed E-state index contributed by atoms with van der Waals surface area (Å²) in [5.41, 5.74) is 3.36. The normalized spacial score (nSPS) is 30.2. The van der Waals surface area contributed by atoms with Crippen molar-refractivity contribution in [2.45, 2.75) is 51.9 Å². The molecule has 0 spiro atoms. The van der Waals surface area contributed by atoms with Gasteiger partial charge in [-0.25, -0.2) is 0 Å². The maximum absolute atomic E-state index is 12.7. The zero-order chi connectivity index (χ0) is 16.7. The minimum absolute atomic E-state index is 0.156. The second-order valence-electron chi connectivity index (χ2n) is 6.77. The van der Waals surface area contributed by atoms with E-state index in [2.05, 4.69) is 11.4 Å². The number of carboxylic acids is 1. The highest BCUT2D eigenvalue weighted by molar-refractivity contribution is 5.86. The third-order valence-electron chi connectivity index (χ3n) is 5.11. The Kier molecular flexibility index (Phi) is 4.15. The van der Waals surface area contributed by atoms with Crippen LogP contribution in [0, 0.1) is 25.7 Å². The van der Waals surface area contributed by atoms with Crippen LogP contribution in [-0.2, 0) is 14.3 Å².